The quantitative estimate of drug-likeness (QED) is 0.842. The van der Waals surface area contributed by atoms with Crippen molar-refractivity contribution in [2.45, 2.75) is 63.3 Å². The number of pyridine rings is 1. The van der Waals surface area contributed by atoms with E-state index in [1.165, 1.54) is 43.4 Å². The van der Waals surface area contributed by atoms with Gasteiger partial charge in [-0.25, -0.2) is 0 Å². The van der Waals surface area contributed by atoms with Gasteiger partial charge in [0.05, 0.1) is 6.61 Å². The molecule has 2 atom stereocenters. The van der Waals surface area contributed by atoms with Gasteiger partial charge in [0.1, 0.15) is 0 Å². The average molecular weight is 344 g/mol. The zero-order valence-corrected chi connectivity index (χ0v) is 15.8. The summed E-state index contributed by atoms with van der Waals surface area (Å²) in [6, 6.07) is 4.32. The molecule has 4 heteroatoms. The second kappa shape index (κ2) is 6.88. The fraction of sp³-hybridized carbons (Fsp3) is 0.762. The Labute approximate surface area is 151 Å². The van der Waals surface area contributed by atoms with Crippen LogP contribution in [0.3, 0.4) is 0 Å². The van der Waals surface area contributed by atoms with Gasteiger partial charge in [-0.15, -0.1) is 0 Å². The Morgan fingerprint density at radius 2 is 2.00 bits per heavy atom. The zero-order chi connectivity index (χ0) is 17.4. The summed E-state index contributed by atoms with van der Waals surface area (Å²) in [7, 11) is 1.80. The molecule has 0 spiro atoms. The molecule has 2 fully saturated rings. The first-order valence-electron chi connectivity index (χ1n) is 10.1. The smallest absolute Gasteiger partial charge is 0.251 e. The Balaban J connectivity index is 1.79. The minimum Gasteiger partial charge on any atom is -0.384 e. The van der Waals surface area contributed by atoms with Crippen LogP contribution in [-0.4, -0.2) is 42.8 Å². The highest BCUT2D eigenvalue weighted by Crippen LogP contribution is 2.42. The van der Waals surface area contributed by atoms with Crippen LogP contribution in [0.1, 0.15) is 62.6 Å². The summed E-state index contributed by atoms with van der Waals surface area (Å²) in [4.78, 5) is 15.5. The van der Waals surface area contributed by atoms with Crippen LogP contribution >= 0.6 is 0 Å². The van der Waals surface area contributed by atoms with Gasteiger partial charge in [-0.1, -0.05) is 26.2 Å². The predicted molar refractivity (Wildman–Crippen MR) is 100 cm³/mol. The highest BCUT2D eigenvalue weighted by molar-refractivity contribution is 5.31. The maximum Gasteiger partial charge on any atom is 0.251 e. The SMILES string of the molecule is CCN1CC2Cn3c(cc(C4CCCCC4)cc3=O)C(COC)(C2)C1. The first-order chi connectivity index (χ1) is 12.1. The van der Waals surface area contributed by atoms with Gasteiger partial charge in [0.25, 0.3) is 5.56 Å². The number of aromatic nitrogens is 1. The lowest BCUT2D eigenvalue weighted by atomic mass is 9.69. The van der Waals surface area contributed by atoms with Gasteiger partial charge in [0.2, 0.25) is 0 Å². The van der Waals surface area contributed by atoms with E-state index in [0.29, 0.717) is 18.4 Å². The third-order valence-corrected chi connectivity index (χ3v) is 6.80. The van der Waals surface area contributed by atoms with Gasteiger partial charge < -0.3 is 14.2 Å². The summed E-state index contributed by atoms with van der Waals surface area (Å²) in [6.45, 7) is 7.04. The van der Waals surface area contributed by atoms with Crippen molar-refractivity contribution in [3.8, 4) is 0 Å². The molecule has 1 saturated heterocycles. The number of rotatable bonds is 4. The van der Waals surface area contributed by atoms with Gasteiger partial charge in [-0.2, -0.15) is 0 Å². The average Bonchev–Trinajstić information content (AvgIpc) is 2.63. The molecule has 0 amide bonds. The van der Waals surface area contributed by atoms with Crippen LogP contribution < -0.4 is 5.56 Å². The van der Waals surface area contributed by atoms with Crippen LogP contribution in [0.4, 0.5) is 0 Å². The molecule has 0 radical (unpaired) electrons. The van der Waals surface area contributed by atoms with Crippen molar-refractivity contribution in [3.63, 3.8) is 0 Å². The van der Waals surface area contributed by atoms with E-state index in [1.807, 2.05) is 6.07 Å². The third kappa shape index (κ3) is 3.08. The molecule has 138 valence electrons. The summed E-state index contributed by atoms with van der Waals surface area (Å²) in [5, 5.41) is 0. The van der Waals surface area contributed by atoms with Crippen molar-refractivity contribution in [2.75, 3.05) is 33.4 Å². The first kappa shape index (κ1) is 17.3. The van der Waals surface area contributed by atoms with Gasteiger partial charge in [0.15, 0.2) is 0 Å². The zero-order valence-electron chi connectivity index (χ0n) is 15.8. The number of piperidine rings is 1. The number of methoxy groups -OCH3 is 1. The number of fused-ring (bicyclic) bond motifs is 4. The Hall–Kier alpha value is -1.13. The second-order valence-electron chi connectivity index (χ2n) is 8.57. The summed E-state index contributed by atoms with van der Waals surface area (Å²) < 4.78 is 7.77. The van der Waals surface area contributed by atoms with Crippen LogP contribution in [0.2, 0.25) is 0 Å². The summed E-state index contributed by atoms with van der Waals surface area (Å²) in [5.41, 5.74) is 2.74. The van der Waals surface area contributed by atoms with Gasteiger partial charge >= 0.3 is 0 Å². The van der Waals surface area contributed by atoms with Crippen molar-refractivity contribution in [3.05, 3.63) is 33.7 Å². The third-order valence-electron chi connectivity index (χ3n) is 6.80. The van der Waals surface area contributed by atoms with Crippen molar-refractivity contribution in [2.24, 2.45) is 5.92 Å². The molecule has 1 aliphatic carbocycles. The molecule has 3 aliphatic rings. The Kier molecular flexibility index (Phi) is 4.76. The lowest BCUT2D eigenvalue weighted by molar-refractivity contribution is 0.0139. The molecular weight excluding hydrogens is 312 g/mol. The van der Waals surface area contributed by atoms with E-state index in [-0.39, 0.29) is 11.0 Å². The summed E-state index contributed by atoms with van der Waals surface area (Å²) >= 11 is 0. The summed E-state index contributed by atoms with van der Waals surface area (Å²) in [6.07, 6.45) is 7.59. The van der Waals surface area contributed by atoms with Crippen molar-refractivity contribution in [1.82, 2.24) is 9.47 Å². The highest BCUT2D eigenvalue weighted by atomic mass is 16.5. The number of hydrogen-bond acceptors (Lipinski definition) is 3. The first-order valence-corrected chi connectivity index (χ1v) is 10.1. The van der Waals surface area contributed by atoms with E-state index in [0.717, 1.165) is 32.6 Å². The van der Waals surface area contributed by atoms with E-state index in [2.05, 4.69) is 22.5 Å². The molecule has 1 aromatic rings. The molecule has 2 bridgehead atoms. The molecular formula is C21H32N2O2. The van der Waals surface area contributed by atoms with Crippen molar-refractivity contribution < 1.29 is 4.74 Å². The molecule has 2 aliphatic heterocycles. The fourth-order valence-electron chi connectivity index (χ4n) is 5.72. The van der Waals surface area contributed by atoms with Crippen LogP contribution in [0.5, 0.6) is 0 Å². The molecule has 25 heavy (non-hydrogen) atoms. The Morgan fingerprint density at radius 3 is 2.72 bits per heavy atom. The minimum atomic E-state index is -0.0181. The van der Waals surface area contributed by atoms with E-state index < -0.39 is 0 Å². The minimum absolute atomic E-state index is 0.0181. The lowest BCUT2D eigenvalue weighted by Crippen LogP contribution is -2.58. The van der Waals surface area contributed by atoms with Crippen LogP contribution in [0, 0.1) is 5.92 Å². The Morgan fingerprint density at radius 1 is 1.20 bits per heavy atom. The maximum atomic E-state index is 13.0. The molecule has 0 aromatic carbocycles. The number of likely N-dealkylation sites (N-methyl/N-ethyl adjacent to an activating group) is 1. The van der Waals surface area contributed by atoms with Gasteiger partial charge in [-0.3, -0.25) is 4.79 Å². The highest BCUT2D eigenvalue weighted by Gasteiger charge is 2.46. The standard InChI is InChI=1S/C21H32N2O2/c1-3-22-12-16-11-21(14-22,15-25-2)19-9-18(10-20(24)23(19)13-16)17-7-5-4-6-8-17/h9-10,16-17H,3-8,11-15H2,1-2H3. The van der Waals surface area contributed by atoms with Crippen LogP contribution in [0.25, 0.3) is 0 Å². The molecule has 4 nitrogen and oxygen atoms in total. The fourth-order valence-corrected chi connectivity index (χ4v) is 5.72. The molecule has 2 unspecified atom stereocenters. The lowest BCUT2D eigenvalue weighted by Gasteiger charge is -2.50. The van der Waals surface area contributed by atoms with E-state index >= 15 is 0 Å². The molecule has 1 aromatic heterocycles. The van der Waals surface area contributed by atoms with Crippen molar-refractivity contribution >= 4 is 0 Å². The monoisotopic (exact) mass is 344 g/mol. The predicted octanol–water partition coefficient (Wildman–Crippen LogP) is 3.14. The second-order valence-corrected chi connectivity index (χ2v) is 8.57. The van der Waals surface area contributed by atoms with E-state index in [4.69, 9.17) is 4.74 Å². The normalized spacial score (nSPS) is 30.2. The topological polar surface area (TPSA) is 34.5 Å². The number of likely N-dealkylation sites (tertiary alicyclic amines) is 1. The van der Waals surface area contributed by atoms with Crippen LogP contribution in [-0.2, 0) is 16.7 Å². The van der Waals surface area contributed by atoms with E-state index in [9.17, 15) is 4.79 Å². The largest absolute Gasteiger partial charge is 0.384 e. The Bertz CT molecular complexity index is 677. The number of nitrogens with zero attached hydrogens (tertiary/aromatic N) is 2. The molecule has 0 N–H and O–H groups in total. The van der Waals surface area contributed by atoms with Crippen LogP contribution in [0.15, 0.2) is 16.9 Å². The van der Waals surface area contributed by atoms with Gasteiger partial charge in [-0.05, 0) is 49.3 Å². The number of hydrogen-bond donors (Lipinski definition) is 0. The maximum absolute atomic E-state index is 13.0. The molecule has 4 rings (SSSR count). The van der Waals surface area contributed by atoms with E-state index in [1.54, 1.807) is 7.11 Å². The number of ether oxygens (including phenoxy) is 1. The van der Waals surface area contributed by atoms with Crippen molar-refractivity contribution in [1.29, 1.82) is 0 Å². The molecule has 1 saturated carbocycles. The molecule has 3 heterocycles. The summed E-state index contributed by atoms with van der Waals surface area (Å²) in [5.74, 6) is 1.14. The van der Waals surface area contributed by atoms with Gasteiger partial charge in [0, 0.05) is 43.9 Å².